The van der Waals surface area contributed by atoms with Crippen LogP contribution in [0.2, 0.25) is 5.02 Å². The van der Waals surface area contributed by atoms with E-state index in [9.17, 15) is 10.1 Å². The zero-order valence-corrected chi connectivity index (χ0v) is 18.5. The number of aryl methyl sites for hydroxylation is 3. The van der Waals surface area contributed by atoms with Gasteiger partial charge in [-0.2, -0.15) is 5.26 Å². The van der Waals surface area contributed by atoms with Crippen LogP contribution in [0, 0.1) is 32.1 Å². The van der Waals surface area contributed by atoms with Crippen LogP contribution in [-0.2, 0) is 11.4 Å². The molecule has 0 saturated heterocycles. The van der Waals surface area contributed by atoms with Crippen molar-refractivity contribution in [2.24, 2.45) is 0 Å². The molecule has 4 nitrogen and oxygen atoms in total. The van der Waals surface area contributed by atoms with Crippen molar-refractivity contribution in [3.63, 3.8) is 0 Å². The van der Waals surface area contributed by atoms with Crippen molar-refractivity contribution in [3.8, 4) is 11.8 Å². The number of rotatable bonds is 6. The van der Waals surface area contributed by atoms with Gasteiger partial charge in [0.2, 0.25) is 0 Å². The molecule has 0 unspecified atom stereocenters. The number of benzene rings is 3. The fraction of sp³-hybridized carbons (Fsp3) is 0.154. The number of halogens is 1. The first-order valence-corrected chi connectivity index (χ1v) is 10.2. The number of carbonyl (C=O) groups is 1. The van der Waals surface area contributed by atoms with E-state index in [2.05, 4.69) is 31.3 Å². The van der Waals surface area contributed by atoms with Gasteiger partial charge in [0.25, 0.3) is 5.91 Å². The van der Waals surface area contributed by atoms with E-state index in [0.717, 1.165) is 11.1 Å². The molecule has 3 aromatic rings. The molecule has 0 heterocycles. The summed E-state index contributed by atoms with van der Waals surface area (Å²) in [6.07, 6.45) is 1.51. The monoisotopic (exact) mass is 430 g/mol. The quantitative estimate of drug-likeness (QED) is 0.364. The van der Waals surface area contributed by atoms with Crippen LogP contribution in [-0.4, -0.2) is 5.91 Å². The number of hydrogen-bond donors (Lipinski definition) is 1. The summed E-state index contributed by atoms with van der Waals surface area (Å²) in [5.41, 5.74) is 5.72. The average molecular weight is 431 g/mol. The average Bonchev–Trinajstić information content (AvgIpc) is 2.75. The standard InChI is InChI=1S/C26H23ClN2O2/c1-17-8-9-21(12-19(17)3)16-31-25-11-10-20(14-23(25)27)13-22(15-28)26(30)29-24-7-5-4-6-18(24)2/h4-14H,16H2,1-3H3,(H,29,30)/b22-13+. The summed E-state index contributed by atoms with van der Waals surface area (Å²) in [5, 5.41) is 12.6. The van der Waals surface area contributed by atoms with Crippen molar-refractivity contribution in [2.75, 3.05) is 5.32 Å². The fourth-order valence-electron chi connectivity index (χ4n) is 3.00. The van der Waals surface area contributed by atoms with Crippen LogP contribution in [0.15, 0.2) is 66.2 Å². The van der Waals surface area contributed by atoms with Crippen molar-refractivity contribution in [2.45, 2.75) is 27.4 Å². The molecule has 0 spiro atoms. The summed E-state index contributed by atoms with van der Waals surface area (Å²) in [7, 11) is 0. The molecule has 0 aliphatic heterocycles. The number of para-hydroxylation sites is 1. The van der Waals surface area contributed by atoms with Gasteiger partial charge in [-0.25, -0.2) is 0 Å². The van der Waals surface area contributed by atoms with Crippen molar-refractivity contribution in [1.29, 1.82) is 5.26 Å². The molecule has 0 aliphatic rings. The highest BCUT2D eigenvalue weighted by Crippen LogP contribution is 2.27. The molecule has 0 fully saturated rings. The lowest BCUT2D eigenvalue weighted by Gasteiger charge is -2.10. The number of hydrogen-bond acceptors (Lipinski definition) is 3. The van der Waals surface area contributed by atoms with Crippen molar-refractivity contribution < 1.29 is 9.53 Å². The Labute approximate surface area is 187 Å². The van der Waals surface area contributed by atoms with E-state index in [1.54, 1.807) is 24.3 Å². The first kappa shape index (κ1) is 22.1. The Balaban J connectivity index is 1.72. The van der Waals surface area contributed by atoms with Crippen molar-refractivity contribution in [1.82, 2.24) is 0 Å². The first-order chi connectivity index (χ1) is 14.9. The van der Waals surface area contributed by atoms with E-state index in [1.807, 2.05) is 37.3 Å². The minimum Gasteiger partial charge on any atom is -0.487 e. The lowest BCUT2D eigenvalue weighted by Crippen LogP contribution is -2.14. The zero-order chi connectivity index (χ0) is 22.4. The summed E-state index contributed by atoms with van der Waals surface area (Å²) >= 11 is 6.37. The summed E-state index contributed by atoms with van der Waals surface area (Å²) in [5.74, 6) is 0.0721. The number of nitrogens with zero attached hydrogens (tertiary/aromatic N) is 1. The highest BCUT2D eigenvalue weighted by molar-refractivity contribution is 6.32. The van der Waals surface area contributed by atoms with Crippen LogP contribution in [0.4, 0.5) is 5.69 Å². The Morgan fingerprint density at radius 1 is 1.03 bits per heavy atom. The van der Waals surface area contributed by atoms with E-state index in [4.69, 9.17) is 16.3 Å². The highest BCUT2D eigenvalue weighted by Gasteiger charge is 2.11. The first-order valence-electron chi connectivity index (χ1n) is 9.84. The lowest BCUT2D eigenvalue weighted by atomic mass is 10.1. The smallest absolute Gasteiger partial charge is 0.266 e. The van der Waals surface area contributed by atoms with Crippen LogP contribution >= 0.6 is 11.6 Å². The maximum atomic E-state index is 12.5. The third-order valence-corrected chi connectivity index (χ3v) is 5.29. The van der Waals surface area contributed by atoms with Crippen LogP contribution in [0.3, 0.4) is 0 Å². The van der Waals surface area contributed by atoms with Crippen LogP contribution < -0.4 is 10.1 Å². The molecule has 5 heteroatoms. The zero-order valence-electron chi connectivity index (χ0n) is 17.7. The van der Waals surface area contributed by atoms with Gasteiger partial charge in [-0.1, -0.05) is 54.1 Å². The van der Waals surface area contributed by atoms with E-state index in [0.29, 0.717) is 28.6 Å². The number of nitriles is 1. The van der Waals surface area contributed by atoms with Gasteiger partial charge < -0.3 is 10.1 Å². The fourth-order valence-corrected chi connectivity index (χ4v) is 3.24. The molecule has 0 atom stereocenters. The molecule has 0 radical (unpaired) electrons. The SMILES string of the molecule is Cc1ccc(COc2ccc(/C=C(\C#N)C(=O)Nc3ccccc3C)cc2Cl)cc1C. The number of anilines is 1. The second-order valence-electron chi connectivity index (χ2n) is 7.34. The van der Waals surface area contributed by atoms with E-state index in [1.165, 1.54) is 17.2 Å². The molecular weight excluding hydrogens is 408 g/mol. The van der Waals surface area contributed by atoms with Crippen molar-refractivity contribution >= 4 is 29.3 Å². The predicted octanol–water partition coefficient (Wildman–Crippen LogP) is 6.39. The number of ether oxygens (including phenoxy) is 1. The summed E-state index contributed by atoms with van der Waals surface area (Å²) in [4.78, 5) is 12.5. The van der Waals surface area contributed by atoms with E-state index < -0.39 is 5.91 Å². The third kappa shape index (κ3) is 5.75. The Bertz CT molecular complexity index is 1190. The molecule has 156 valence electrons. The summed E-state index contributed by atoms with van der Waals surface area (Å²) in [6, 6.07) is 20.7. The minimum absolute atomic E-state index is 0.0110. The summed E-state index contributed by atoms with van der Waals surface area (Å²) in [6.45, 7) is 6.43. The Kier molecular flexibility index (Phi) is 7.12. The normalized spacial score (nSPS) is 11.0. The maximum Gasteiger partial charge on any atom is 0.266 e. The second kappa shape index (κ2) is 9.97. The van der Waals surface area contributed by atoms with Crippen LogP contribution in [0.5, 0.6) is 5.75 Å². The molecule has 3 rings (SSSR count). The Morgan fingerprint density at radius 3 is 2.48 bits per heavy atom. The van der Waals surface area contributed by atoms with Gasteiger partial charge in [0, 0.05) is 5.69 Å². The topological polar surface area (TPSA) is 62.1 Å². The summed E-state index contributed by atoms with van der Waals surface area (Å²) < 4.78 is 5.85. The van der Waals surface area contributed by atoms with E-state index in [-0.39, 0.29) is 5.57 Å². The molecule has 0 aromatic heterocycles. The van der Waals surface area contributed by atoms with Gasteiger partial charge in [-0.15, -0.1) is 0 Å². The van der Waals surface area contributed by atoms with Gasteiger partial charge >= 0.3 is 0 Å². The van der Waals surface area contributed by atoms with Crippen LogP contribution in [0.25, 0.3) is 6.08 Å². The molecular formula is C26H23ClN2O2. The predicted molar refractivity (Wildman–Crippen MR) is 125 cm³/mol. The largest absolute Gasteiger partial charge is 0.487 e. The molecule has 3 aromatic carbocycles. The van der Waals surface area contributed by atoms with Crippen molar-refractivity contribution in [3.05, 3.63) is 99.1 Å². The van der Waals surface area contributed by atoms with Gasteiger partial charge in [0.1, 0.15) is 24.0 Å². The van der Waals surface area contributed by atoms with E-state index >= 15 is 0 Å². The van der Waals surface area contributed by atoms with Crippen LogP contribution in [0.1, 0.15) is 27.8 Å². The Hall–Kier alpha value is -3.55. The van der Waals surface area contributed by atoms with Gasteiger partial charge in [-0.05, 0) is 72.9 Å². The molecule has 0 aliphatic carbocycles. The second-order valence-corrected chi connectivity index (χ2v) is 7.74. The number of nitrogens with one attached hydrogen (secondary N) is 1. The minimum atomic E-state index is -0.469. The lowest BCUT2D eigenvalue weighted by molar-refractivity contribution is -0.112. The molecule has 1 N–H and O–H groups in total. The molecule has 1 amide bonds. The highest BCUT2D eigenvalue weighted by atomic mass is 35.5. The number of carbonyl (C=O) groups excluding carboxylic acids is 1. The molecule has 0 bridgehead atoms. The maximum absolute atomic E-state index is 12.5. The number of amides is 1. The van der Waals surface area contributed by atoms with Gasteiger partial charge in [0.15, 0.2) is 0 Å². The van der Waals surface area contributed by atoms with Gasteiger partial charge in [0.05, 0.1) is 5.02 Å². The molecule has 0 saturated carbocycles. The van der Waals surface area contributed by atoms with Gasteiger partial charge in [-0.3, -0.25) is 4.79 Å². The molecule has 31 heavy (non-hydrogen) atoms. The Morgan fingerprint density at radius 2 is 1.81 bits per heavy atom. The third-order valence-electron chi connectivity index (χ3n) is 4.99.